The lowest BCUT2D eigenvalue weighted by molar-refractivity contribution is 0.0265. The van der Waals surface area contributed by atoms with E-state index in [2.05, 4.69) is 0 Å². The zero-order valence-corrected chi connectivity index (χ0v) is 11.4. The molecule has 0 saturated carbocycles. The zero-order chi connectivity index (χ0) is 14.4. The van der Waals surface area contributed by atoms with Crippen LogP contribution in [0.3, 0.4) is 0 Å². The number of likely N-dealkylation sites (tertiary alicyclic amines) is 1. The van der Waals surface area contributed by atoms with E-state index < -0.39 is 18.4 Å². The van der Waals surface area contributed by atoms with Crippen molar-refractivity contribution in [2.75, 3.05) is 13.1 Å². The summed E-state index contributed by atoms with van der Waals surface area (Å²) in [7, 11) is 0. The van der Waals surface area contributed by atoms with Gasteiger partial charge in [0.2, 0.25) is 0 Å². The molecule has 1 aromatic carbocycles. The Morgan fingerprint density at radius 3 is 2.85 bits per heavy atom. The number of alkyl halides is 1. The van der Waals surface area contributed by atoms with Crippen LogP contribution in [-0.2, 0) is 11.3 Å². The van der Waals surface area contributed by atoms with Crippen molar-refractivity contribution in [3.8, 4) is 0 Å². The summed E-state index contributed by atoms with van der Waals surface area (Å²) < 4.78 is 18.9. The van der Waals surface area contributed by atoms with Crippen LogP contribution in [0.25, 0.3) is 0 Å². The van der Waals surface area contributed by atoms with Gasteiger partial charge in [0.1, 0.15) is 12.8 Å². The molecule has 1 aliphatic heterocycles. The Morgan fingerprint density at radius 2 is 2.10 bits per heavy atom. The summed E-state index contributed by atoms with van der Waals surface area (Å²) in [5.74, 6) is 0. The van der Waals surface area contributed by atoms with Crippen molar-refractivity contribution >= 4 is 6.09 Å². The summed E-state index contributed by atoms with van der Waals surface area (Å²) in [5.41, 5.74) is 0.893. The number of hydrogen-bond donors (Lipinski definition) is 1. The van der Waals surface area contributed by atoms with Crippen LogP contribution >= 0.6 is 0 Å². The third-order valence-corrected chi connectivity index (χ3v) is 3.45. The van der Waals surface area contributed by atoms with Gasteiger partial charge in [-0.3, -0.25) is 0 Å². The van der Waals surface area contributed by atoms with Crippen LogP contribution in [0.1, 0.15) is 24.8 Å². The molecule has 1 fully saturated rings. The van der Waals surface area contributed by atoms with E-state index in [1.54, 1.807) is 0 Å². The van der Waals surface area contributed by atoms with Crippen LogP contribution in [-0.4, -0.2) is 41.5 Å². The van der Waals surface area contributed by atoms with Crippen LogP contribution in [0, 0.1) is 0 Å². The predicted molar refractivity (Wildman–Crippen MR) is 73.0 cm³/mol. The minimum Gasteiger partial charge on any atom is -0.445 e. The molecule has 0 spiro atoms. The van der Waals surface area contributed by atoms with Crippen LogP contribution in [0.5, 0.6) is 0 Å². The van der Waals surface area contributed by atoms with Crippen molar-refractivity contribution in [2.45, 2.75) is 38.1 Å². The molecule has 0 radical (unpaired) electrons. The van der Waals surface area contributed by atoms with Crippen LogP contribution < -0.4 is 0 Å². The summed E-state index contributed by atoms with van der Waals surface area (Å²) in [6, 6.07) is 9.35. The van der Waals surface area contributed by atoms with Crippen LogP contribution in [0.15, 0.2) is 30.3 Å². The van der Waals surface area contributed by atoms with E-state index in [9.17, 15) is 14.3 Å². The molecule has 1 N–H and O–H groups in total. The number of carbonyl (C=O) groups is 1. The smallest absolute Gasteiger partial charge is 0.410 e. The standard InChI is InChI=1S/C15H20FNO3/c16-13-10-17(9-5-4-8-14(13)18)15(19)20-11-12-6-2-1-3-7-12/h1-3,6-7,13-14,18H,4-5,8-11H2. The molecule has 20 heavy (non-hydrogen) atoms. The number of hydrogen-bond acceptors (Lipinski definition) is 3. The molecule has 0 aromatic heterocycles. The average molecular weight is 281 g/mol. The van der Waals surface area contributed by atoms with E-state index in [-0.39, 0.29) is 13.2 Å². The predicted octanol–water partition coefficient (Wildman–Crippen LogP) is 2.51. The van der Waals surface area contributed by atoms with Gasteiger partial charge in [0, 0.05) is 6.54 Å². The Kier molecular flexibility index (Phi) is 5.35. The second kappa shape index (κ2) is 7.24. The molecule has 5 heteroatoms. The summed E-state index contributed by atoms with van der Waals surface area (Å²) in [6.07, 6.45) is -0.993. The van der Waals surface area contributed by atoms with Crippen molar-refractivity contribution < 1.29 is 19.0 Å². The Balaban J connectivity index is 1.87. The van der Waals surface area contributed by atoms with Crippen molar-refractivity contribution in [1.29, 1.82) is 0 Å². The fourth-order valence-corrected chi connectivity index (χ4v) is 2.24. The molecule has 4 nitrogen and oxygen atoms in total. The van der Waals surface area contributed by atoms with Crippen molar-refractivity contribution in [2.24, 2.45) is 0 Å². The molecule has 0 bridgehead atoms. The van der Waals surface area contributed by atoms with Crippen molar-refractivity contribution in [3.05, 3.63) is 35.9 Å². The van der Waals surface area contributed by atoms with Gasteiger partial charge >= 0.3 is 6.09 Å². The van der Waals surface area contributed by atoms with Gasteiger partial charge in [-0.2, -0.15) is 0 Å². The van der Waals surface area contributed by atoms with Gasteiger partial charge in [-0.1, -0.05) is 30.3 Å². The van der Waals surface area contributed by atoms with E-state index in [4.69, 9.17) is 4.74 Å². The molecule has 0 aliphatic carbocycles. The lowest BCUT2D eigenvalue weighted by Crippen LogP contribution is -2.42. The number of halogens is 1. The number of rotatable bonds is 2. The molecular weight excluding hydrogens is 261 g/mol. The largest absolute Gasteiger partial charge is 0.445 e. The normalized spacial score (nSPS) is 23.8. The van der Waals surface area contributed by atoms with Crippen molar-refractivity contribution in [3.63, 3.8) is 0 Å². The zero-order valence-electron chi connectivity index (χ0n) is 11.4. The third-order valence-electron chi connectivity index (χ3n) is 3.45. The number of carbonyl (C=O) groups excluding carboxylic acids is 1. The monoisotopic (exact) mass is 281 g/mol. The van der Waals surface area contributed by atoms with Gasteiger partial charge in [0.05, 0.1) is 12.6 Å². The van der Waals surface area contributed by atoms with Gasteiger partial charge in [-0.25, -0.2) is 9.18 Å². The molecule has 2 unspecified atom stereocenters. The Labute approximate surface area is 118 Å². The van der Waals surface area contributed by atoms with E-state index in [0.717, 1.165) is 12.0 Å². The molecule has 1 saturated heterocycles. The summed E-state index contributed by atoms with van der Waals surface area (Å²) in [5, 5.41) is 9.54. The Morgan fingerprint density at radius 1 is 1.35 bits per heavy atom. The maximum atomic E-state index is 13.7. The van der Waals surface area contributed by atoms with Crippen molar-refractivity contribution in [1.82, 2.24) is 4.90 Å². The molecule has 2 atom stereocenters. The first kappa shape index (κ1) is 14.8. The molecule has 2 rings (SSSR count). The molecule has 1 amide bonds. The number of nitrogens with zero attached hydrogens (tertiary/aromatic N) is 1. The van der Waals surface area contributed by atoms with Gasteiger partial charge in [-0.05, 0) is 24.8 Å². The first-order valence-electron chi connectivity index (χ1n) is 6.94. The minimum absolute atomic E-state index is 0.102. The average Bonchev–Trinajstić information content (AvgIpc) is 2.46. The first-order chi connectivity index (χ1) is 9.66. The molecular formula is C15H20FNO3. The molecule has 1 aromatic rings. The van der Waals surface area contributed by atoms with Gasteiger partial charge < -0.3 is 14.7 Å². The molecule has 1 aliphatic rings. The highest BCUT2D eigenvalue weighted by atomic mass is 19.1. The first-order valence-corrected chi connectivity index (χ1v) is 6.94. The molecule has 1 heterocycles. The minimum atomic E-state index is -1.40. The van der Waals surface area contributed by atoms with Gasteiger partial charge in [0.25, 0.3) is 0 Å². The highest BCUT2D eigenvalue weighted by molar-refractivity contribution is 5.67. The maximum absolute atomic E-state index is 13.7. The number of ether oxygens (including phenoxy) is 1. The highest BCUT2D eigenvalue weighted by Crippen LogP contribution is 2.15. The SMILES string of the molecule is O=C(OCc1ccccc1)N1CCCCC(O)C(F)C1. The quantitative estimate of drug-likeness (QED) is 0.906. The fourth-order valence-electron chi connectivity index (χ4n) is 2.24. The Hall–Kier alpha value is -1.62. The number of aliphatic hydroxyl groups excluding tert-OH is 1. The summed E-state index contributed by atoms with van der Waals surface area (Å²) >= 11 is 0. The number of benzene rings is 1. The van der Waals surface area contributed by atoms with E-state index >= 15 is 0 Å². The summed E-state index contributed by atoms with van der Waals surface area (Å²) in [4.78, 5) is 13.3. The second-order valence-corrected chi connectivity index (χ2v) is 5.07. The lowest BCUT2D eigenvalue weighted by atomic mass is 10.0. The third kappa shape index (κ3) is 4.20. The van der Waals surface area contributed by atoms with Gasteiger partial charge in [0.15, 0.2) is 0 Å². The fraction of sp³-hybridized carbons (Fsp3) is 0.533. The topological polar surface area (TPSA) is 49.8 Å². The van der Waals surface area contributed by atoms with Crippen LogP contribution in [0.4, 0.5) is 9.18 Å². The van der Waals surface area contributed by atoms with E-state index in [0.29, 0.717) is 19.4 Å². The van der Waals surface area contributed by atoms with Gasteiger partial charge in [-0.15, -0.1) is 0 Å². The molecule has 110 valence electrons. The maximum Gasteiger partial charge on any atom is 0.410 e. The second-order valence-electron chi connectivity index (χ2n) is 5.07. The number of amides is 1. The lowest BCUT2D eigenvalue weighted by Gasteiger charge is -2.28. The van der Waals surface area contributed by atoms with Crippen LogP contribution in [0.2, 0.25) is 0 Å². The number of aliphatic hydroxyl groups is 1. The Bertz CT molecular complexity index is 426. The van der Waals surface area contributed by atoms with E-state index in [1.165, 1.54) is 4.90 Å². The highest BCUT2D eigenvalue weighted by Gasteiger charge is 2.27. The van der Waals surface area contributed by atoms with E-state index in [1.807, 2.05) is 30.3 Å². The summed E-state index contributed by atoms with van der Waals surface area (Å²) in [6.45, 7) is 0.547.